The second kappa shape index (κ2) is 6.52. The maximum absolute atomic E-state index is 11.8. The number of carbonyl (C=O) groups is 1. The summed E-state index contributed by atoms with van der Waals surface area (Å²) in [7, 11) is 0. The van der Waals surface area contributed by atoms with E-state index in [0.29, 0.717) is 30.6 Å². The van der Waals surface area contributed by atoms with Crippen LogP contribution in [0.15, 0.2) is 0 Å². The third-order valence-electron chi connectivity index (χ3n) is 3.47. The molecule has 1 heterocycles. The lowest BCUT2D eigenvalue weighted by Gasteiger charge is -2.43. The summed E-state index contributed by atoms with van der Waals surface area (Å²) in [6, 6.07) is 0. The molecule has 1 aliphatic heterocycles. The molecule has 0 aliphatic carbocycles. The van der Waals surface area contributed by atoms with Gasteiger partial charge in [0, 0.05) is 26.2 Å². The van der Waals surface area contributed by atoms with E-state index >= 15 is 0 Å². The molecular weight excluding hydrogens is 262 g/mol. The average molecular weight is 287 g/mol. The Morgan fingerprint density at radius 2 is 1.84 bits per heavy atom. The normalized spacial score (nSPS) is 17.6. The van der Waals surface area contributed by atoms with Crippen LogP contribution in [0.25, 0.3) is 0 Å². The third kappa shape index (κ3) is 4.31. The van der Waals surface area contributed by atoms with Crippen LogP contribution in [0.1, 0.15) is 27.7 Å². The highest BCUT2D eigenvalue weighted by Crippen LogP contribution is 2.17. The Morgan fingerprint density at radius 1 is 1.32 bits per heavy atom. The first-order chi connectivity index (χ1) is 8.75. The number of carbonyl (C=O) groups excluding carboxylic acids is 1. The van der Waals surface area contributed by atoms with Crippen molar-refractivity contribution in [2.75, 3.05) is 32.8 Å². The third-order valence-corrected chi connectivity index (χ3v) is 3.97. The van der Waals surface area contributed by atoms with Gasteiger partial charge in [-0.05, 0) is 19.8 Å². The Hall–Kier alpha value is -0.880. The Kier molecular flexibility index (Phi) is 5.55. The summed E-state index contributed by atoms with van der Waals surface area (Å²) < 4.78 is 5.23. The molecule has 0 aromatic heterocycles. The fourth-order valence-electron chi connectivity index (χ4n) is 1.93. The summed E-state index contributed by atoms with van der Waals surface area (Å²) in [5.74, 6) is 0.360. The van der Waals surface area contributed by atoms with Crippen molar-refractivity contribution in [3.63, 3.8) is 0 Å². The summed E-state index contributed by atoms with van der Waals surface area (Å²) in [5.41, 5.74) is 5.46. The number of nitrogens with two attached hydrogens (primary N) is 1. The molecule has 1 saturated heterocycles. The zero-order chi connectivity index (χ0) is 14.6. The topological polar surface area (TPSA) is 58.8 Å². The van der Waals surface area contributed by atoms with E-state index < -0.39 is 0 Å². The first-order valence-electron chi connectivity index (χ1n) is 6.71. The van der Waals surface area contributed by atoms with Crippen LogP contribution >= 0.6 is 12.2 Å². The lowest BCUT2D eigenvalue weighted by molar-refractivity contribution is 0.0537. The molecule has 0 saturated carbocycles. The fraction of sp³-hybridized carbons (Fsp3) is 0.846. The number of hydrogen-bond acceptors (Lipinski definition) is 4. The van der Waals surface area contributed by atoms with Crippen molar-refractivity contribution < 1.29 is 9.53 Å². The molecule has 0 atom stereocenters. The predicted molar refractivity (Wildman–Crippen MR) is 80.2 cm³/mol. The second-order valence-corrected chi connectivity index (χ2v) is 6.31. The van der Waals surface area contributed by atoms with Crippen molar-refractivity contribution in [3.8, 4) is 0 Å². The molecule has 0 spiro atoms. The summed E-state index contributed by atoms with van der Waals surface area (Å²) >= 11 is 5.09. The minimum absolute atomic E-state index is 0.221. The van der Waals surface area contributed by atoms with Gasteiger partial charge in [0.05, 0.1) is 17.1 Å². The van der Waals surface area contributed by atoms with Crippen LogP contribution in [0.2, 0.25) is 0 Å². The standard InChI is InChI=1S/C13H25N3O2S/c1-10(2)9-18-12(17)15-5-7-16(8-6-15)13(3,4)11(14)19/h10H,5-9H2,1-4H3,(H2,14,19). The Bertz CT molecular complexity index is 337. The molecule has 0 aromatic rings. The average Bonchev–Trinajstić information content (AvgIpc) is 2.35. The van der Waals surface area contributed by atoms with E-state index in [1.807, 2.05) is 27.7 Å². The number of ether oxygens (including phenoxy) is 1. The summed E-state index contributed by atoms with van der Waals surface area (Å²) in [5, 5.41) is 0. The fourth-order valence-corrected chi connectivity index (χ4v) is 2.06. The zero-order valence-electron chi connectivity index (χ0n) is 12.3. The van der Waals surface area contributed by atoms with Crippen molar-refractivity contribution in [3.05, 3.63) is 0 Å². The predicted octanol–water partition coefficient (Wildman–Crippen LogP) is 1.46. The van der Waals surface area contributed by atoms with Gasteiger partial charge in [0.25, 0.3) is 0 Å². The van der Waals surface area contributed by atoms with Crippen molar-refractivity contribution in [2.24, 2.45) is 11.7 Å². The van der Waals surface area contributed by atoms with Gasteiger partial charge in [0.1, 0.15) is 0 Å². The van der Waals surface area contributed by atoms with Gasteiger partial charge in [0.15, 0.2) is 0 Å². The smallest absolute Gasteiger partial charge is 0.409 e. The van der Waals surface area contributed by atoms with E-state index in [2.05, 4.69) is 4.90 Å². The minimum atomic E-state index is -0.302. The van der Waals surface area contributed by atoms with Gasteiger partial charge in [-0.3, -0.25) is 4.90 Å². The Labute approximate surface area is 121 Å². The van der Waals surface area contributed by atoms with Gasteiger partial charge in [-0.15, -0.1) is 0 Å². The van der Waals surface area contributed by atoms with E-state index in [1.54, 1.807) is 4.90 Å². The highest BCUT2D eigenvalue weighted by molar-refractivity contribution is 7.80. The molecule has 110 valence electrons. The van der Waals surface area contributed by atoms with E-state index in [0.717, 1.165) is 13.1 Å². The molecule has 2 N–H and O–H groups in total. The minimum Gasteiger partial charge on any atom is -0.449 e. The number of rotatable bonds is 4. The lowest BCUT2D eigenvalue weighted by Crippen LogP contribution is -2.59. The molecule has 1 fully saturated rings. The molecule has 19 heavy (non-hydrogen) atoms. The Morgan fingerprint density at radius 3 is 2.26 bits per heavy atom. The van der Waals surface area contributed by atoms with E-state index in [-0.39, 0.29) is 11.6 Å². The molecule has 6 heteroatoms. The molecule has 0 aromatic carbocycles. The molecule has 1 amide bonds. The van der Waals surface area contributed by atoms with Crippen LogP contribution in [-0.2, 0) is 4.74 Å². The maximum atomic E-state index is 11.8. The van der Waals surface area contributed by atoms with E-state index in [4.69, 9.17) is 22.7 Å². The van der Waals surface area contributed by atoms with Crippen LogP contribution in [0.5, 0.6) is 0 Å². The first kappa shape index (κ1) is 16.2. The van der Waals surface area contributed by atoms with Gasteiger partial charge in [-0.25, -0.2) is 4.79 Å². The molecular formula is C13H25N3O2S. The van der Waals surface area contributed by atoms with Gasteiger partial charge >= 0.3 is 6.09 Å². The van der Waals surface area contributed by atoms with E-state index in [1.165, 1.54) is 0 Å². The molecule has 0 radical (unpaired) electrons. The molecule has 1 rings (SSSR count). The number of piperazine rings is 1. The van der Waals surface area contributed by atoms with Crippen LogP contribution in [0, 0.1) is 5.92 Å². The summed E-state index contributed by atoms with van der Waals surface area (Å²) in [6.45, 7) is 11.4. The van der Waals surface area contributed by atoms with Crippen molar-refractivity contribution in [2.45, 2.75) is 33.2 Å². The number of amides is 1. The molecule has 0 unspecified atom stereocenters. The monoisotopic (exact) mass is 287 g/mol. The number of thiocarbonyl (C=S) groups is 1. The zero-order valence-corrected chi connectivity index (χ0v) is 13.1. The van der Waals surface area contributed by atoms with Gasteiger partial charge in [-0.1, -0.05) is 26.1 Å². The highest BCUT2D eigenvalue weighted by atomic mass is 32.1. The molecule has 0 bridgehead atoms. The highest BCUT2D eigenvalue weighted by Gasteiger charge is 2.33. The van der Waals surface area contributed by atoms with Crippen LogP contribution in [0.4, 0.5) is 4.79 Å². The maximum Gasteiger partial charge on any atom is 0.409 e. The molecule has 5 nitrogen and oxygen atoms in total. The largest absolute Gasteiger partial charge is 0.449 e. The first-order valence-corrected chi connectivity index (χ1v) is 7.12. The van der Waals surface area contributed by atoms with Gasteiger partial charge in [0.2, 0.25) is 0 Å². The van der Waals surface area contributed by atoms with Gasteiger partial charge in [-0.2, -0.15) is 0 Å². The van der Waals surface area contributed by atoms with Gasteiger partial charge < -0.3 is 15.4 Å². The van der Waals surface area contributed by atoms with Crippen molar-refractivity contribution >= 4 is 23.3 Å². The SMILES string of the molecule is CC(C)COC(=O)N1CCN(C(C)(C)C(N)=S)CC1. The lowest BCUT2D eigenvalue weighted by atomic mass is 10.0. The molecule has 1 aliphatic rings. The number of nitrogens with zero attached hydrogens (tertiary/aromatic N) is 2. The summed E-state index contributed by atoms with van der Waals surface area (Å²) in [6.07, 6.45) is -0.221. The van der Waals surface area contributed by atoms with E-state index in [9.17, 15) is 4.79 Å². The van der Waals surface area contributed by atoms with Crippen LogP contribution in [-0.4, -0.2) is 59.2 Å². The number of hydrogen-bond donors (Lipinski definition) is 1. The second-order valence-electron chi connectivity index (χ2n) is 5.87. The Balaban J connectivity index is 2.45. The van der Waals surface area contributed by atoms with Crippen LogP contribution in [0.3, 0.4) is 0 Å². The van der Waals surface area contributed by atoms with Crippen LogP contribution < -0.4 is 5.73 Å². The summed E-state index contributed by atoms with van der Waals surface area (Å²) in [4.78, 5) is 16.3. The quantitative estimate of drug-likeness (QED) is 0.793. The van der Waals surface area contributed by atoms with Crippen molar-refractivity contribution in [1.29, 1.82) is 0 Å². The van der Waals surface area contributed by atoms with Crippen molar-refractivity contribution in [1.82, 2.24) is 9.80 Å².